The Morgan fingerprint density at radius 2 is 2.29 bits per heavy atom. The molecular weight excluding hydrogens is 238 g/mol. The maximum atomic E-state index is 5.86. The first-order chi connectivity index (χ1) is 8.16. The molecule has 3 N–H and O–H groups in total. The second-order valence-electron chi connectivity index (χ2n) is 3.84. The highest BCUT2D eigenvalue weighted by Crippen LogP contribution is 2.22. The predicted molar refractivity (Wildman–Crippen MR) is 69.2 cm³/mol. The highest BCUT2D eigenvalue weighted by atomic mass is 35.5. The Hall–Kier alpha value is -1.75. The van der Waals surface area contributed by atoms with Gasteiger partial charge in [0, 0.05) is 26.0 Å². The second kappa shape index (κ2) is 5.05. The number of pyridine rings is 1. The minimum Gasteiger partial charge on any atom is -0.396 e. The molecule has 0 unspecified atom stereocenters. The van der Waals surface area contributed by atoms with Crippen LogP contribution in [0, 0.1) is 0 Å². The van der Waals surface area contributed by atoms with Gasteiger partial charge in [-0.1, -0.05) is 11.6 Å². The molecule has 2 aromatic heterocycles. The van der Waals surface area contributed by atoms with Crippen molar-refractivity contribution in [1.82, 2.24) is 15.2 Å². The number of aromatic amines is 1. The molecule has 0 saturated heterocycles. The van der Waals surface area contributed by atoms with Gasteiger partial charge in [-0.3, -0.25) is 5.10 Å². The number of nitrogen functional groups attached to an aromatic ring is 1. The molecule has 2 aromatic rings. The van der Waals surface area contributed by atoms with Gasteiger partial charge < -0.3 is 10.6 Å². The molecule has 6 heteroatoms. The Balaban J connectivity index is 2.01. The Labute approximate surface area is 105 Å². The second-order valence-corrected chi connectivity index (χ2v) is 4.28. The molecule has 0 saturated carbocycles. The molecule has 0 fully saturated rings. The van der Waals surface area contributed by atoms with Crippen LogP contribution in [-0.2, 0) is 6.42 Å². The minimum absolute atomic E-state index is 0.550. The van der Waals surface area contributed by atoms with Crippen LogP contribution in [0.15, 0.2) is 24.7 Å². The third-order valence-electron chi connectivity index (χ3n) is 2.51. The third kappa shape index (κ3) is 2.88. The van der Waals surface area contributed by atoms with Crippen molar-refractivity contribution in [2.45, 2.75) is 6.42 Å². The monoisotopic (exact) mass is 251 g/mol. The molecule has 17 heavy (non-hydrogen) atoms. The van der Waals surface area contributed by atoms with E-state index >= 15 is 0 Å². The van der Waals surface area contributed by atoms with Gasteiger partial charge >= 0.3 is 0 Å². The van der Waals surface area contributed by atoms with E-state index in [0.717, 1.165) is 24.3 Å². The number of rotatable bonds is 4. The molecule has 0 amide bonds. The van der Waals surface area contributed by atoms with E-state index in [9.17, 15) is 0 Å². The minimum atomic E-state index is 0.550. The van der Waals surface area contributed by atoms with Gasteiger partial charge in [0.1, 0.15) is 0 Å². The Bertz CT molecular complexity index is 483. The molecule has 2 heterocycles. The van der Waals surface area contributed by atoms with Gasteiger partial charge in [-0.2, -0.15) is 5.10 Å². The zero-order chi connectivity index (χ0) is 12.3. The first-order valence-corrected chi connectivity index (χ1v) is 5.64. The van der Waals surface area contributed by atoms with Crippen molar-refractivity contribution in [2.24, 2.45) is 0 Å². The Morgan fingerprint density at radius 1 is 1.47 bits per heavy atom. The van der Waals surface area contributed by atoms with E-state index < -0.39 is 0 Å². The highest BCUT2D eigenvalue weighted by Gasteiger charge is 2.07. The summed E-state index contributed by atoms with van der Waals surface area (Å²) >= 11 is 5.81. The van der Waals surface area contributed by atoms with E-state index in [1.807, 2.05) is 24.3 Å². The van der Waals surface area contributed by atoms with Gasteiger partial charge in [-0.25, -0.2) is 4.98 Å². The number of hydrogen-bond acceptors (Lipinski definition) is 4. The van der Waals surface area contributed by atoms with Crippen LogP contribution in [0.5, 0.6) is 0 Å². The van der Waals surface area contributed by atoms with Crippen LogP contribution in [0.3, 0.4) is 0 Å². The van der Waals surface area contributed by atoms with Crippen LogP contribution in [0.4, 0.5) is 11.5 Å². The molecule has 0 aliphatic rings. The van der Waals surface area contributed by atoms with Gasteiger partial charge in [-0.05, 0) is 18.1 Å². The number of nitrogens with two attached hydrogens (primary N) is 1. The van der Waals surface area contributed by atoms with Gasteiger partial charge in [-0.15, -0.1) is 0 Å². The maximum absolute atomic E-state index is 5.86. The van der Waals surface area contributed by atoms with Crippen molar-refractivity contribution < 1.29 is 0 Å². The average Bonchev–Trinajstić information content (AvgIpc) is 2.78. The van der Waals surface area contributed by atoms with Crippen molar-refractivity contribution in [2.75, 3.05) is 24.2 Å². The van der Waals surface area contributed by atoms with Crippen molar-refractivity contribution in [3.05, 3.63) is 35.2 Å². The fourth-order valence-corrected chi connectivity index (χ4v) is 1.75. The summed E-state index contributed by atoms with van der Waals surface area (Å²) in [5.74, 6) is 0.748. The largest absolute Gasteiger partial charge is 0.396 e. The third-order valence-corrected chi connectivity index (χ3v) is 2.72. The maximum Gasteiger partial charge on any atom is 0.151 e. The molecule has 0 atom stereocenters. The number of H-pyrrole nitrogens is 1. The first kappa shape index (κ1) is 11.7. The SMILES string of the molecule is CN(CCc1cn[nH]c1)c1ncc(Cl)cc1N. The Morgan fingerprint density at radius 3 is 2.94 bits per heavy atom. The first-order valence-electron chi connectivity index (χ1n) is 5.26. The predicted octanol–water partition coefficient (Wildman–Crippen LogP) is 1.72. The number of hydrogen-bond donors (Lipinski definition) is 2. The summed E-state index contributed by atoms with van der Waals surface area (Å²) in [6.07, 6.45) is 6.18. The van der Waals surface area contributed by atoms with E-state index in [0.29, 0.717) is 10.7 Å². The normalized spacial score (nSPS) is 10.5. The van der Waals surface area contributed by atoms with Gasteiger partial charge in [0.05, 0.1) is 16.9 Å². The summed E-state index contributed by atoms with van der Waals surface area (Å²) in [5, 5.41) is 7.24. The fraction of sp³-hybridized carbons (Fsp3) is 0.273. The van der Waals surface area contributed by atoms with Crippen molar-refractivity contribution in [3.8, 4) is 0 Å². The molecule has 2 rings (SSSR count). The number of aromatic nitrogens is 3. The van der Waals surface area contributed by atoms with E-state index in [1.54, 1.807) is 12.3 Å². The van der Waals surface area contributed by atoms with Crippen molar-refractivity contribution in [1.29, 1.82) is 0 Å². The lowest BCUT2D eigenvalue weighted by Crippen LogP contribution is -2.22. The molecule has 0 aliphatic heterocycles. The smallest absolute Gasteiger partial charge is 0.151 e. The lowest BCUT2D eigenvalue weighted by Gasteiger charge is -2.19. The van der Waals surface area contributed by atoms with Crippen LogP contribution in [-0.4, -0.2) is 28.8 Å². The van der Waals surface area contributed by atoms with E-state index in [2.05, 4.69) is 15.2 Å². The number of likely N-dealkylation sites (N-methyl/N-ethyl adjacent to an activating group) is 1. The highest BCUT2D eigenvalue weighted by molar-refractivity contribution is 6.30. The van der Waals surface area contributed by atoms with Crippen LogP contribution >= 0.6 is 11.6 Å². The number of nitrogens with zero attached hydrogens (tertiary/aromatic N) is 3. The van der Waals surface area contributed by atoms with Gasteiger partial charge in [0.25, 0.3) is 0 Å². The van der Waals surface area contributed by atoms with E-state index in [1.165, 1.54) is 0 Å². The summed E-state index contributed by atoms with van der Waals surface area (Å²) in [6.45, 7) is 0.818. The summed E-state index contributed by atoms with van der Waals surface area (Å²) < 4.78 is 0. The lowest BCUT2D eigenvalue weighted by molar-refractivity contribution is 0.862. The summed E-state index contributed by atoms with van der Waals surface area (Å²) in [7, 11) is 1.95. The van der Waals surface area contributed by atoms with Crippen molar-refractivity contribution >= 4 is 23.1 Å². The van der Waals surface area contributed by atoms with Crippen LogP contribution in [0.25, 0.3) is 0 Å². The molecule has 90 valence electrons. The quantitative estimate of drug-likeness (QED) is 0.868. The fourth-order valence-electron chi connectivity index (χ4n) is 1.58. The number of nitrogens with one attached hydrogen (secondary N) is 1. The summed E-state index contributed by atoms with van der Waals surface area (Å²) in [5.41, 5.74) is 7.61. The molecular formula is C11H14ClN5. The van der Waals surface area contributed by atoms with E-state index in [4.69, 9.17) is 17.3 Å². The lowest BCUT2D eigenvalue weighted by atomic mass is 10.2. The van der Waals surface area contributed by atoms with Crippen LogP contribution < -0.4 is 10.6 Å². The zero-order valence-electron chi connectivity index (χ0n) is 9.52. The molecule has 0 bridgehead atoms. The van der Waals surface area contributed by atoms with Gasteiger partial charge in [0.15, 0.2) is 5.82 Å². The van der Waals surface area contributed by atoms with Crippen LogP contribution in [0.2, 0.25) is 5.02 Å². The number of anilines is 2. The summed E-state index contributed by atoms with van der Waals surface area (Å²) in [6, 6.07) is 1.71. The standard InChI is InChI=1S/C11H14ClN5/c1-17(3-2-8-5-15-16-6-8)11-10(13)4-9(12)7-14-11/h4-7H,2-3,13H2,1H3,(H,15,16). The average molecular weight is 252 g/mol. The molecule has 0 radical (unpaired) electrons. The van der Waals surface area contributed by atoms with Crippen LogP contribution in [0.1, 0.15) is 5.56 Å². The van der Waals surface area contributed by atoms with E-state index in [-0.39, 0.29) is 0 Å². The molecule has 0 aromatic carbocycles. The molecule has 0 spiro atoms. The zero-order valence-corrected chi connectivity index (χ0v) is 10.3. The number of halogens is 1. The Kier molecular flexibility index (Phi) is 3.49. The molecule has 5 nitrogen and oxygen atoms in total. The van der Waals surface area contributed by atoms with Crippen molar-refractivity contribution in [3.63, 3.8) is 0 Å². The summed E-state index contributed by atoms with van der Waals surface area (Å²) in [4.78, 5) is 6.22. The topological polar surface area (TPSA) is 70.8 Å². The molecule has 0 aliphatic carbocycles. The van der Waals surface area contributed by atoms with Gasteiger partial charge in [0.2, 0.25) is 0 Å².